The number of nitrogen functional groups attached to an aromatic ring is 1. The van der Waals surface area contributed by atoms with E-state index in [1.807, 2.05) is 61.6 Å². The van der Waals surface area contributed by atoms with Crippen molar-refractivity contribution in [1.82, 2.24) is 0 Å². The van der Waals surface area contributed by atoms with Crippen LogP contribution in [-0.4, -0.2) is 26.0 Å². The third kappa shape index (κ3) is 4.53. The second-order valence-corrected chi connectivity index (χ2v) is 4.90. The Bertz CT molecular complexity index is 566. The lowest BCUT2D eigenvalue weighted by atomic mass is 10.2. The zero-order chi connectivity index (χ0) is 15.1. The van der Waals surface area contributed by atoms with Gasteiger partial charge in [-0.1, -0.05) is 18.2 Å². The van der Waals surface area contributed by atoms with E-state index in [-0.39, 0.29) is 5.84 Å². The Balaban J connectivity index is 1.76. The van der Waals surface area contributed by atoms with Crippen LogP contribution >= 0.6 is 0 Å². The highest BCUT2D eigenvalue weighted by molar-refractivity contribution is 5.95. The normalized spacial score (nSPS) is 10.1. The molecule has 0 saturated heterocycles. The summed E-state index contributed by atoms with van der Waals surface area (Å²) in [4.78, 5) is 2.16. The Morgan fingerprint density at radius 1 is 1.10 bits per heavy atom. The monoisotopic (exact) mass is 283 g/mol. The second-order valence-electron chi connectivity index (χ2n) is 4.90. The number of ether oxygens (including phenoxy) is 1. The van der Waals surface area contributed by atoms with E-state index in [0.717, 1.165) is 30.0 Å². The number of rotatable bonds is 7. The van der Waals surface area contributed by atoms with E-state index in [0.29, 0.717) is 6.61 Å². The van der Waals surface area contributed by atoms with Crippen molar-refractivity contribution in [3.63, 3.8) is 0 Å². The van der Waals surface area contributed by atoms with Crippen molar-refractivity contribution in [1.29, 1.82) is 5.41 Å². The van der Waals surface area contributed by atoms with E-state index < -0.39 is 0 Å². The number of para-hydroxylation sites is 1. The third-order valence-electron chi connectivity index (χ3n) is 3.27. The minimum Gasteiger partial charge on any atom is -0.494 e. The number of amidine groups is 1. The number of hydrogen-bond acceptors (Lipinski definition) is 3. The van der Waals surface area contributed by atoms with E-state index in [4.69, 9.17) is 15.9 Å². The molecule has 0 radical (unpaired) electrons. The molecule has 0 atom stereocenters. The second kappa shape index (κ2) is 7.33. The maximum atomic E-state index is 7.38. The molecule has 0 aliphatic rings. The molecular weight excluding hydrogens is 262 g/mol. The van der Waals surface area contributed by atoms with Crippen molar-refractivity contribution in [2.24, 2.45) is 5.73 Å². The van der Waals surface area contributed by atoms with Crippen LogP contribution < -0.4 is 15.4 Å². The van der Waals surface area contributed by atoms with E-state index in [1.165, 1.54) is 0 Å². The molecule has 0 aliphatic heterocycles. The van der Waals surface area contributed by atoms with Crippen LogP contribution in [0, 0.1) is 5.41 Å². The lowest BCUT2D eigenvalue weighted by Crippen LogP contribution is -2.20. The fraction of sp³-hybridized carbons (Fsp3) is 0.235. The summed E-state index contributed by atoms with van der Waals surface area (Å²) >= 11 is 0. The first-order valence-electron chi connectivity index (χ1n) is 7.00. The van der Waals surface area contributed by atoms with Gasteiger partial charge >= 0.3 is 0 Å². The fourth-order valence-corrected chi connectivity index (χ4v) is 2.03. The highest BCUT2D eigenvalue weighted by atomic mass is 16.5. The van der Waals surface area contributed by atoms with E-state index in [2.05, 4.69) is 4.90 Å². The zero-order valence-corrected chi connectivity index (χ0v) is 12.3. The number of nitrogens with two attached hydrogens (primary N) is 1. The Hall–Kier alpha value is -2.49. The van der Waals surface area contributed by atoms with Gasteiger partial charge in [-0.25, -0.2) is 0 Å². The summed E-state index contributed by atoms with van der Waals surface area (Å²) in [5.74, 6) is 1.01. The number of nitrogens with zero attached hydrogens (tertiary/aromatic N) is 1. The lowest BCUT2D eigenvalue weighted by Gasteiger charge is -2.19. The van der Waals surface area contributed by atoms with Crippen LogP contribution in [0.1, 0.15) is 12.0 Å². The molecule has 0 amide bonds. The Morgan fingerprint density at radius 3 is 2.38 bits per heavy atom. The molecule has 0 unspecified atom stereocenters. The summed E-state index contributed by atoms with van der Waals surface area (Å²) in [7, 11) is 2.05. The molecular formula is C17H21N3O. The molecule has 0 saturated carbocycles. The van der Waals surface area contributed by atoms with Crippen molar-refractivity contribution in [2.75, 3.05) is 25.1 Å². The van der Waals surface area contributed by atoms with Crippen LogP contribution in [0.2, 0.25) is 0 Å². The van der Waals surface area contributed by atoms with Crippen LogP contribution in [-0.2, 0) is 0 Å². The molecule has 2 aromatic rings. The maximum absolute atomic E-state index is 7.38. The van der Waals surface area contributed by atoms with Gasteiger partial charge in [0.1, 0.15) is 11.6 Å². The molecule has 4 heteroatoms. The maximum Gasteiger partial charge on any atom is 0.122 e. The number of hydrogen-bond donors (Lipinski definition) is 2. The van der Waals surface area contributed by atoms with Gasteiger partial charge in [0.2, 0.25) is 0 Å². The summed E-state index contributed by atoms with van der Waals surface area (Å²) < 4.78 is 5.67. The first kappa shape index (κ1) is 14.9. The smallest absolute Gasteiger partial charge is 0.122 e. The molecule has 21 heavy (non-hydrogen) atoms. The molecule has 0 bridgehead atoms. The first-order chi connectivity index (χ1) is 10.2. The van der Waals surface area contributed by atoms with E-state index in [9.17, 15) is 0 Å². The average Bonchev–Trinajstić information content (AvgIpc) is 2.52. The molecule has 110 valence electrons. The summed E-state index contributed by atoms with van der Waals surface area (Å²) in [6.45, 7) is 1.60. The third-order valence-corrected chi connectivity index (χ3v) is 3.27. The Kier molecular flexibility index (Phi) is 5.21. The molecule has 0 fully saturated rings. The van der Waals surface area contributed by atoms with Gasteiger partial charge in [-0.3, -0.25) is 5.41 Å². The van der Waals surface area contributed by atoms with Crippen LogP contribution in [0.25, 0.3) is 0 Å². The predicted molar refractivity (Wildman–Crippen MR) is 87.3 cm³/mol. The van der Waals surface area contributed by atoms with Gasteiger partial charge in [0.15, 0.2) is 0 Å². The largest absolute Gasteiger partial charge is 0.494 e. The molecule has 0 heterocycles. The molecule has 2 aromatic carbocycles. The quantitative estimate of drug-likeness (QED) is 0.466. The molecule has 4 nitrogen and oxygen atoms in total. The standard InChI is InChI=1S/C17H21N3O/c1-20(15-10-8-14(9-11-15)17(18)19)12-5-13-21-16-6-3-2-4-7-16/h2-4,6-11H,5,12-13H2,1H3,(H3,18,19). The highest BCUT2D eigenvalue weighted by Crippen LogP contribution is 2.14. The number of benzene rings is 2. The van der Waals surface area contributed by atoms with Crippen molar-refractivity contribution in [2.45, 2.75) is 6.42 Å². The zero-order valence-electron chi connectivity index (χ0n) is 12.3. The van der Waals surface area contributed by atoms with Gasteiger partial charge < -0.3 is 15.4 Å². The van der Waals surface area contributed by atoms with Crippen LogP contribution in [0.15, 0.2) is 54.6 Å². The lowest BCUT2D eigenvalue weighted by molar-refractivity contribution is 0.312. The van der Waals surface area contributed by atoms with Crippen LogP contribution in [0.3, 0.4) is 0 Å². The number of anilines is 1. The van der Waals surface area contributed by atoms with E-state index >= 15 is 0 Å². The van der Waals surface area contributed by atoms with Gasteiger partial charge in [0, 0.05) is 24.8 Å². The van der Waals surface area contributed by atoms with Gasteiger partial charge in [-0.2, -0.15) is 0 Å². The molecule has 0 aliphatic carbocycles. The van der Waals surface area contributed by atoms with Crippen molar-refractivity contribution >= 4 is 11.5 Å². The number of nitrogens with one attached hydrogen (secondary N) is 1. The predicted octanol–water partition coefficient (Wildman–Crippen LogP) is 2.88. The SMILES string of the molecule is CN(CCCOc1ccccc1)c1ccc(C(=N)N)cc1. The molecule has 0 aromatic heterocycles. The Morgan fingerprint density at radius 2 is 1.76 bits per heavy atom. The summed E-state index contributed by atoms with van der Waals surface area (Å²) in [5.41, 5.74) is 7.31. The Labute approximate surface area is 125 Å². The van der Waals surface area contributed by atoms with Gasteiger partial charge in [-0.05, 0) is 42.8 Å². The van der Waals surface area contributed by atoms with Gasteiger partial charge in [0.25, 0.3) is 0 Å². The average molecular weight is 283 g/mol. The molecule has 2 rings (SSSR count). The molecule has 0 spiro atoms. The van der Waals surface area contributed by atoms with Gasteiger partial charge in [0.05, 0.1) is 6.61 Å². The first-order valence-corrected chi connectivity index (χ1v) is 7.00. The summed E-state index contributed by atoms with van der Waals surface area (Å²) in [5, 5.41) is 7.38. The van der Waals surface area contributed by atoms with Crippen molar-refractivity contribution < 1.29 is 4.74 Å². The minimum absolute atomic E-state index is 0.0977. The summed E-state index contributed by atoms with van der Waals surface area (Å²) in [6.07, 6.45) is 0.944. The molecule has 3 N–H and O–H groups in total. The topological polar surface area (TPSA) is 62.3 Å². The van der Waals surface area contributed by atoms with Crippen molar-refractivity contribution in [3.8, 4) is 5.75 Å². The minimum atomic E-state index is 0.0977. The van der Waals surface area contributed by atoms with Crippen LogP contribution in [0.4, 0.5) is 5.69 Å². The summed E-state index contributed by atoms with van der Waals surface area (Å²) in [6, 6.07) is 17.5. The van der Waals surface area contributed by atoms with Crippen molar-refractivity contribution in [3.05, 3.63) is 60.2 Å². The van der Waals surface area contributed by atoms with E-state index in [1.54, 1.807) is 0 Å². The van der Waals surface area contributed by atoms with Gasteiger partial charge in [-0.15, -0.1) is 0 Å². The fourth-order valence-electron chi connectivity index (χ4n) is 2.03. The van der Waals surface area contributed by atoms with Crippen LogP contribution in [0.5, 0.6) is 5.75 Å². The highest BCUT2D eigenvalue weighted by Gasteiger charge is 2.02.